The van der Waals surface area contributed by atoms with Gasteiger partial charge >= 0.3 is 53.7 Å². The van der Waals surface area contributed by atoms with E-state index in [0.29, 0.717) is 145 Å². The fourth-order valence-electron chi connectivity index (χ4n) is 8.13. The molecule has 18 atom stereocenters. The van der Waals surface area contributed by atoms with E-state index in [2.05, 4.69) is 86.9 Å². The molecule has 0 bridgehead atoms. The smallest absolute Gasteiger partial charge is 0.335 e. The van der Waals surface area contributed by atoms with Gasteiger partial charge in [0.15, 0.2) is 16.3 Å². The van der Waals surface area contributed by atoms with Crippen LogP contribution in [0.3, 0.4) is 0 Å². The minimum Gasteiger partial charge on any atom is -0.446 e. The summed E-state index contributed by atoms with van der Waals surface area (Å²) in [4.78, 5) is 98.6. The number of esters is 9. The van der Waals surface area contributed by atoms with Crippen LogP contribution in [0.1, 0.15) is 116 Å². The zero-order chi connectivity index (χ0) is 87.2. The van der Waals surface area contributed by atoms with Crippen molar-refractivity contribution in [2.75, 3.05) is 113 Å². The van der Waals surface area contributed by atoms with Gasteiger partial charge < -0.3 is 94.7 Å². The van der Waals surface area contributed by atoms with E-state index < -0.39 is 61.6 Å². The van der Waals surface area contributed by atoms with Crippen LogP contribution in [0.5, 0.6) is 0 Å². The second kappa shape index (κ2) is 63.8. The molecule has 9 rings (SSSR count). The van der Waals surface area contributed by atoms with Crippen LogP contribution in [0.2, 0.25) is 0 Å². The summed E-state index contributed by atoms with van der Waals surface area (Å²) in [5.74, 6) is 1.98. The maximum Gasteiger partial charge on any atom is 0.335 e. The summed E-state index contributed by atoms with van der Waals surface area (Å²) in [5, 5.41) is 2.12. The zero-order valence-corrected chi connectivity index (χ0v) is 75.3. The number of carbonyl (C=O) groups is 9. The first kappa shape index (κ1) is 109. The molecule has 9 aliphatic heterocycles. The predicted octanol–water partition coefficient (Wildman–Crippen LogP) is 12.4. The Bertz CT molecular complexity index is 2790. The maximum absolute atomic E-state index is 11.2. The van der Waals surface area contributed by atoms with E-state index in [1.54, 1.807) is 117 Å². The van der Waals surface area contributed by atoms with Gasteiger partial charge in [0, 0.05) is 84.7 Å². The summed E-state index contributed by atoms with van der Waals surface area (Å²) >= 11 is 11.9. The monoisotopic (exact) mass is 1770 g/mol. The highest BCUT2D eigenvalue weighted by Crippen LogP contribution is 2.28. The van der Waals surface area contributed by atoms with Gasteiger partial charge in [-0.15, -0.1) is 58.8 Å². The van der Waals surface area contributed by atoms with Crippen molar-refractivity contribution in [3.05, 3.63) is 111 Å². The number of rotatable bonds is 18. The molecule has 0 radical (unpaired) electrons. The number of ether oxygens (including phenoxy) is 20. The third-order valence-corrected chi connectivity index (χ3v) is 23.3. The first-order valence-electron chi connectivity index (χ1n) is 37.6. The Morgan fingerprint density at radius 3 is 0.879 bits per heavy atom. The van der Waals surface area contributed by atoms with Crippen LogP contribution in [0.25, 0.3) is 0 Å². The molecule has 0 aliphatic carbocycles. The molecule has 9 heterocycles. The Balaban J connectivity index is 0.000000653. The molecule has 0 N–H and O–H groups in total. The largest absolute Gasteiger partial charge is 0.446 e. The SMILES string of the molecule is C=C(C)C(=O)OC1COC(C)CCS1.C=C(C)C(=O)OC1COC(C)CO1.C=C(C)C(=O)OC1COC(C)CS1.C=C(C)C(=O)OC1CSC(C)CCO1.C=C(C)C(=O)OC1CSC(C)CO1.C=CC(=O)OC1COC(C)CO1.C=CC(=O)OC1COC(C)CS1.C=CC(=O)OC1CSC(C)CCO1.C=CC(=O)OC1CSC(C)CO1. The van der Waals surface area contributed by atoms with Crippen molar-refractivity contribution in [1.82, 2.24) is 0 Å². The number of carbonyl (C=O) groups excluding carboxylic acids is 9. The summed E-state index contributed by atoms with van der Waals surface area (Å²) in [6, 6.07) is 0. The molecule has 9 fully saturated rings. The molecule has 660 valence electrons. The number of hydrogen-bond acceptors (Lipinski definition) is 36. The Morgan fingerprint density at radius 1 is 0.267 bits per heavy atom. The van der Waals surface area contributed by atoms with E-state index >= 15 is 0 Å². The molecule has 9 saturated heterocycles. The van der Waals surface area contributed by atoms with Crippen LogP contribution in [-0.2, 0) is 138 Å². The van der Waals surface area contributed by atoms with Gasteiger partial charge in [-0.25, -0.2) is 43.2 Å². The van der Waals surface area contributed by atoms with E-state index in [0.717, 1.165) is 54.7 Å². The summed E-state index contributed by atoms with van der Waals surface area (Å²) in [5.41, 5.74) is 1.55. The van der Waals surface area contributed by atoms with Crippen molar-refractivity contribution in [1.29, 1.82) is 0 Å². The summed E-state index contributed by atoms with van der Waals surface area (Å²) in [7, 11) is 0. The second-order valence-corrected chi connectivity index (χ2v) is 36.2. The Kier molecular flexibility index (Phi) is 59.9. The van der Waals surface area contributed by atoms with Gasteiger partial charge in [-0.1, -0.05) is 86.9 Å². The summed E-state index contributed by atoms with van der Waals surface area (Å²) in [6.45, 7) is 62.7. The molecule has 29 nitrogen and oxygen atoms in total. The van der Waals surface area contributed by atoms with Gasteiger partial charge in [0.1, 0.15) is 13.2 Å². The van der Waals surface area contributed by atoms with Crippen molar-refractivity contribution >= 4 is 136 Å². The molecule has 9 aliphatic rings. The summed E-state index contributed by atoms with van der Waals surface area (Å²) in [6.07, 6.45) is 5.74. The van der Waals surface area contributed by atoms with Crippen molar-refractivity contribution < 1.29 is 138 Å². The van der Waals surface area contributed by atoms with Crippen LogP contribution in [0.4, 0.5) is 0 Å². The van der Waals surface area contributed by atoms with E-state index in [9.17, 15) is 43.2 Å². The van der Waals surface area contributed by atoms with Crippen molar-refractivity contribution in [2.24, 2.45) is 0 Å². The van der Waals surface area contributed by atoms with Crippen LogP contribution in [-0.4, -0.2) is 272 Å². The minimum atomic E-state index is -0.583. The van der Waals surface area contributed by atoms with E-state index in [-0.39, 0.29) is 76.7 Å². The van der Waals surface area contributed by atoms with Crippen molar-refractivity contribution in [3.8, 4) is 0 Å². The lowest BCUT2D eigenvalue weighted by Gasteiger charge is -2.26. The standard InChI is InChI=1S/2C10H16O3S.C9H14O4.3C9H14O3S.C8H12O4.2C8H12O3S/c1-7(2)10(11)13-9-6-12-8(3)4-5-14-9;1-7(2)10(11)13-9-6-14-8(3)4-5-12-9;1-6(2)9(10)13-8-5-11-7(3)4-12-8;1-6(2)9(10)12-8-4-11-7(3)5-13-8;1-6(2)9(10)12-8-5-13-7(3)4-11-8;1-3-8(10)12-9-6-13-7(2)4-5-11-9;1-3-7(9)12-8-5-10-6(2)4-11-8;1-3-7(9)11-8-4-10-6(2)5-12-8;1-3-7(9)11-8-5-12-6(2)4-10-8/h2*8-9H,1,4-6H2,2-3H3;3*7-8H,1,4-5H2,2-3H3;3,7,9H,1,4-6H2,2H3;3*3,6,8H,1,4-5H2,2H3. The van der Waals surface area contributed by atoms with Gasteiger partial charge in [-0.2, -0.15) is 23.5 Å². The van der Waals surface area contributed by atoms with E-state index in [4.69, 9.17) is 94.7 Å². The lowest BCUT2D eigenvalue weighted by Crippen LogP contribution is -2.37. The normalized spacial score (nSPS) is 28.6. The first-order chi connectivity index (χ1) is 54.8. The molecule has 0 spiro atoms. The Labute approximate surface area is 715 Å². The molecule has 0 aromatic heterocycles. The third kappa shape index (κ3) is 54.9. The van der Waals surface area contributed by atoms with Crippen LogP contribution in [0, 0.1) is 0 Å². The van der Waals surface area contributed by atoms with Gasteiger partial charge in [-0.3, -0.25) is 0 Å². The Hall–Kier alpha value is -5.10. The van der Waals surface area contributed by atoms with Crippen molar-refractivity contribution in [3.63, 3.8) is 0 Å². The molecule has 36 heteroatoms. The average molecular weight is 1770 g/mol. The quantitative estimate of drug-likeness (QED) is 0.0699. The van der Waals surface area contributed by atoms with Crippen LogP contribution >= 0.6 is 82.3 Å². The molecule has 0 aromatic carbocycles. The third-order valence-electron chi connectivity index (χ3n) is 14.8. The minimum absolute atomic E-state index is 0.0692. The zero-order valence-electron chi connectivity index (χ0n) is 69.6. The molecule has 0 saturated carbocycles. The van der Waals surface area contributed by atoms with Gasteiger partial charge in [0.2, 0.25) is 37.7 Å². The lowest BCUT2D eigenvalue weighted by molar-refractivity contribution is -0.226. The van der Waals surface area contributed by atoms with E-state index in [1.165, 1.54) is 6.08 Å². The first-order valence-corrected chi connectivity index (χ1v) is 44.9. The molecule has 18 unspecified atom stereocenters. The predicted molar refractivity (Wildman–Crippen MR) is 455 cm³/mol. The highest BCUT2D eigenvalue weighted by Gasteiger charge is 2.29. The average Bonchev–Trinajstić information content (AvgIpc) is 1.28. The van der Waals surface area contributed by atoms with Gasteiger partial charge in [0.25, 0.3) is 0 Å². The second-order valence-electron chi connectivity index (χ2n) is 26.6. The topological polar surface area (TPSA) is 338 Å². The fraction of sp³-hybridized carbons (Fsp3) is 0.662. The van der Waals surface area contributed by atoms with Crippen LogP contribution in [0.15, 0.2) is 111 Å². The van der Waals surface area contributed by atoms with E-state index in [1.807, 2.05) is 34.6 Å². The number of hydrogen-bond donors (Lipinski definition) is 0. The van der Waals surface area contributed by atoms with Gasteiger partial charge in [-0.05, 0) is 94.3 Å². The number of thioether (sulfide) groups is 7. The molecule has 116 heavy (non-hydrogen) atoms. The van der Waals surface area contributed by atoms with Crippen LogP contribution < -0.4 is 0 Å². The Morgan fingerprint density at radius 2 is 0.543 bits per heavy atom. The fourth-order valence-corrected chi connectivity index (χ4v) is 14.5. The lowest BCUT2D eigenvalue weighted by atomic mass is 10.3. The summed E-state index contributed by atoms with van der Waals surface area (Å²) < 4.78 is 103. The molecular formula is C80H124O29S7. The molecule has 0 amide bonds. The maximum atomic E-state index is 11.2. The molecular weight excluding hydrogens is 1650 g/mol. The highest BCUT2D eigenvalue weighted by molar-refractivity contribution is 8.01. The highest BCUT2D eigenvalue weighted by atomic mass is 32.2. The molecule has 0 aromatic rings. The van der Waals surface area contributed by atoms with Gasteiger partial charge in [0.05, 0.1) is 113 Å². The van der Waals surface area contributed by atoms with Crippen molar-refractivity contribution in [2.45, 2.75) is 222 Å².